The molecule has 0 aliphatic heterocycles. The van der Waals surface area contributed by atoms with Crippen molar-refractivity contribution in [1.82, 2.24) is 14.6 Å². The zero-order valence-corrected chi connectivity index (χ0v) is 16.4. The van der Waals surface area contributed by atoms with Crippen molar-refractivity contribution in [2.75, 3.05) is 0 Å². The highest BCUT2D eigenvalue weighted by Gasteiger charge is 2.13. The summed E-state index contributed by atoms with van der Waals surface area (Å²) in [4.78, 5) is 28.0. The van der Waals surface area contributed by atoms with E-state index in [0.29, 0.717) is 20.9 Å². The molecule has 0 amide bonds. The van der Waals surface area contributed by atoms with Crippen LogP contribution in [-0.2, 0) is 0 Å². The standard InChI is InChI=1S/C20H16N4O4S/c1-12(2)28-16-8-6-14(7-9-16)18-21-20-23(22-18)19(25)17(29-20)11-13-4-3-5-15(10-13)24(26)27/h3-12H,1-2H3/b17-11-. The molecule has 4 rings (SSSR count). The van der Waals surface area contributed by atoms with Crippen molar-refractivity contribution in [2.45, 2.75) is 20.0 Å². The number of non-ortho nitro benzene ring substituents is 1. The number of hydrogen-bond donors (Lipinski definition) is 0. The van der Waals surface area contributed by atoms with Gasteiger partial charge in [-0.05, 0) is 49.8 Å². The van der Waals surface area contributed by atoms with Crippen molar-refractivity contribution in [2.24, 2.45) is 0 Å². The molecule has 8 nitrogen and oxygen atoms in total. The number of nitro groups is 1. The van der Waals surface area contributed by atoms with Crippen LogP contribution in [-0.4, -0.2) is 25.6 Å². The third-order valence-corrected chi connectivity index (χ3v) is 5.00. The van der Waals surface area contributed by atoms with Crippen LogP contribution in [0.15, 0.2) is 53.3 Å². The summed E-state index contributed by atoms with van der Waals surface area (Å²) in [6.07, 6.45) is 1.69. The molecule has 146 valence electrons. The Labute approximate surface area is 168 Å². The Kier molecular flexibility index (Phi) is 4.81. The minimum atomic E-state index is -0.470. The lowest BCUT2D eigenvalue weighted by molar-refractivity contribution is -0.384. The topological polar surface area (TPSA) is 99.6 Å². The lowest BCUT2D eigenvalue weighted by Crippen LogP contribution is -2.23. The van der Waals surface area contributed by atoms with Gasteiger partial charge in [0.15, 0.2) is 5.82 Å². The third kappa shape index (κ3) is 3.85. The zero-order valence-electron chi connectivity index (χ0n) is 15.6. The van der Waals surface area contributed by atoms with E-state index in [0.717, 1.165) is 11.3 Å². The second-order valence-corrected chi connectivity index (χ2v) is 7.60. The fourth-order valence-corrected chi connectivity index (χ4v) is 3.70. The van der Waals surface area contributed by atoms with Crippen molar-refractivity contribution in [3.8, 4) is 17.1 Å². The number of rotatable bonds is 5. The van der Waals surface area contributed by atoms with E-state index in [-0.39, 0.29) is 17.4 Å². The van der Waals surface area contributed by atoms with Gasteiger partial charge < -0.3 is 4.74 Å². The number of ether oxygens (including phenoxy) is 1. The largest absolute Gasteiger partial charge is 0.491 e. The molecule has 9 heteroatoms. The maximum absolute atomic E-state index is 12.7. The van der Waals surface area contributed by atoms with Gasteiger partial charge in [0.25, 0.3) is 11.2 Å². The first kappa shape index (κ1) is 18.8. The molecule has 0 aliphatic carbocycles. The van der Waals surface area contributed by atoms with Crippen molar-refractivity contribution >= 4 is 28.1 Å². The first-order chi connectivity index (χ1) is 13.9. The second-order valence-electron chi connectivity index (χ2n) is 6.59. The predicted molar refractivity (Wildman–Crippen MR) is 110 cm³/mol. The third-order valence-electron chi connectivity index (χ3n) is 4.04. The average Bonchev–Trinajstić information content (AvgIpc) is 3.22. The Morgan fingerprint density at radius 2 is 1.97 bits per heavy atom. The van der Waals surface area contributed by atoms with Gasteiger partial charge >= 0.3 is 0 Å². The molecule has 0 saturated heterocycles. The summed E-state index contributed by atoms with van der Waals surface area (Å²) in [5.41, 5.74) is 1.01. The number of benzene rings is 2. The monoisotopic (exact) mass is 408 g/mol. The quantitative estimate of drug-likeness (QED) is 0.372. The number of nitro benzene ring substituents is 1. The van der Waals surface area contributed by atoms with Crippen LogP contribution in [0.4, 0.5) is 5.69 Å². The van der Waals surface area contributed by atoms with E-state index in [1.54, 1.807) is 18.2 Å². The summed E-state index contributed by atoms with van der Waals surface area (Å²) in [7, 11) is 0. The highest BCUT2D eigenvalue weighted by atomic mass is 32.1. The van der Waals surface area contributed by atoms with E-state index in [4.69, 9.17) is 4.74 Å². The number of thiazole rings is 1. The van der Waals surface area contributed by atoms with Crippen LogP contribution in [0, 0.1) is 10.1 Å². The molecule has 4 aromatic rings. The van der Waals surface area contributed by atoms with Crippen molar-refractivity contribution in [1.29, 1.82) is 0 Å². The molecule has 0 fully saturated rings. The zero-order chi connectivity index (χ0) is 20.5. The molecule has 0 N–H and O–H groups in total. The predicted octanol–water partition coefficient (Wildman–Crippen LogP) is 3.06. The smallest absolute Gasteiger partial charge is 0.291 e. The maximum Gasteiger partial charge on any atom is 0.291 e. The van der Waals surface area contributed by atoms with Gasteiger partial charge in [0.2, 0.25) is 4.96 Å². The fraction of sp³-hybridized carbons (Fsp3) is 0.150. The second kappa shape index (κ2) is 7.44. The number of nitrogens with zero attached hydrogens (tertiary/aromatic N) is 4. The lowest BCUT2D eigenvalue weighted by atomic mass is 10.2. The van der Waals surface area contributed by atoms with Gasteiger partial charge in [-0.3, -0.25) is 14.9 Å². The average molecular weight is 408 g/mol. The van der Waals surface area contributed by atoms with Crippen molar-refractivity contribution < 1.29 is 9.66 Å². The fourth-order valence-electron chi connectivity index (χ4n) is 2.79. The van der Waals surface area contributed by atoms with E-state index in [1.807, 2.05) is 38.1 Å². The Balaban J connectivity index is 1.68. The maximum atomic E-state index is 12.7. The highest BCUT2D eigenvalue weighted by molar-refractivity contribution is 7.15. The number of aromatic nitrogens is 3. The number of fused-ring (bicyclic) bond motifs is 1. The van der Waals surface area contributed by atoms with E-state index in [9.17, 15) is 14.9 Å². The van der Waals surface area contributed by atoms with Gasteiger partial charge in [-0.15, -0.1) is 5.10 Å². The minimum absolute atomic E-state index is 0.0298. The van der Waals surface area contributed by atoms with Gasteiger partial charge in [-0.25, -0.2) is 0 Å². The molecule has 2 heterocycles. The summed E-state index contributed by atoms with van der Waals surface area (Å²) in [5.74, 6) is 1.20. The van der Waals surface area contributed by atoms with Crippen LogP contribution in [0.1, 0.15) is 19.4 Å². The van der Waals surface area contributed by atoms with Gasteiger partial charge in [-0.1, -0.05) is 23.5 Å². The summed E-state index contributed by atoms with van der Waals surface area (Å²) >= 11 is 1.19. The number of hydrogen-bond acceptors (Lipinski definition) is 7. The van der Waals surface area contributed by atoms with Crippen LogP contribution in [0.5, 0.6) is 5.75 Å². The molecule has 0 atom stereocenters. The van der Waals surface area contributed by atoms with Crippen LogP contribution in [0.2, 0.25) is 0 Å². The molecule has 0 unspecified atom stereocenters. The van der Waals surface area contributed by atoms with Gasteiger partial charge in [0, 0.05) is 17.7 Å². The van der Waals surface area contributed by atoms with Crippen LogP contribution >= 0.6 is 11.3 Å². The molecule has 0 spiro atoms. The Bertz CT molecular complexity index is 1310. The van der Waals surface area contributed by atoms with Gasteiger partial charge in [0.05, 0.1) is 15.6 Å². The molecule has 0 saturated carbocycles. The van der Waals surface area contributed by atoms with Crippen LogP contribution < -0.4 is 14.8 Å². The van der Waals surface area contributed by atoms with E-state index >= 15 is 0 Å². The molecule has 29 heavy (non-hydrogen) atoms. The first-order valence-corrected chi connectivity index (χ1v) is 9.65. The molecular formula is C20H16N4O4S. The first-order valence-electron chi connectivity index (χ1n) is 8.83. The van der Waals surface area contributed by atoms with Gasteiger partial charge in [0.1, 0.15) is 5.75 Å². The van der Waals surface area contributed by atoms with E-state index in [2.05, 4.69) is 10.1 Å². The lowest BCUT2D eigenvalue weighted by Gasteiger charge is -2.09. The summed E-state index contributed by atoms with van der Waals surface area (Å²) in [5, 5.41) is 15.2. The van der Waals surface area contributed by atoms with Crippen LogP contribution in [0.25, 0.3) is 22.4 Å². The SMILES string of the molecule is CC(C)Oc1ccc(-c2nc3s/c(=C\c4cccc([N+](=O)[O-])c4)c(=O)n3n2)cc1. The normalized spacial score (nSPS) is 12.0. The molecule has 0 radical (unpaired) electrons. The van der Waals surface area contributed by atoms with E-state index < -0.39 is 4.92 Å². The van der Waals surface area contributed by atoms with E-state index in [1.165, 1.54) is 28.0 Å². The Morgan fingerprint density at radius 3 is 2.62 bits per heavy atom. The van der Waals surface area contributed by atoms with Crippen LogP contribution in [0.3, 0.4) is 0 Å². The Morgan fingerprint density at radius 1 is 1.21 bits per heavy atom. The molecule has 0 bridgehead atoms. The molecular weight excluding hydrogens is 392 g/mol. The Hall–Kier alpha value is -3.59. The summed E-state index contributed by atoms with van der Waals surface area (Å²) < 4.78 is 7.28. The van der Waals surface area contributed by atoms with Crippen molar-refractivity contribution in [3.63, 3.8) is 0 Å². The van der Waals surface area contributed by atoms with Gasteiger partial charge in [-0.2, -0.15) is 9.50 Å². The minimum Gasteiger partial charge on any atom is -0.491 e. The molecule has 2 aromatic carbocycles. The van der Waals surface area contributed by atoms with Crippen molar-refractivity contribution in [3.05, 3.63) is 79.1 Å². The molecule has 0 aliphatic rings. The highest BCUT2D eigenvalue weighted by Crippen LogP contribution is 2.21. The summed E-state index contributed by atoms with van der Waals surface area (Å²) in [6, 6.07) is 13.5. The summed E-state index contributed by atoms with van der Waals surface area (Å²) in [6.45, 7) is 3.91. The molecule has 2 aromatic heterocycles.